The summed E-state index contributed by atoms with van der Waals surface area (Å²) >= 11 is 1.90. The van der Waals surface area contributed by atoms with E-state index in [1.165, 1.54) is 117 Å². The van der Waals surface area contributed by atoms with Crippen LogP contribution < -0.4 is 0 Å². The van der Waals surface area contributed by atoms with Crippen molar-refractivity contribution in [2.24, 2.45) is 0 Å². The lowest BCUT2D eigenvalue weighted by molar-refractivity contribution is 0.667. The van der Waals surface area contributed by atoms with Gasteiger partial charge in [0.25, 0.3) is 0 Å². The summed E-state index contributed by atoms with van der Waals surface area (Å²) in [5.74, 6) is 6.79. The fraction of sp³-hybridized carbons (Fsp3) is 0.300. The summed E-state index contributed by atoms with van der Waals surface area (Å²) in [5.41, 5.74) is 5.03. The third-order valence-corrected chi connectivity index (χ3v) is 9.51. The van der Waals surface area contributed by atoms with E-state index in [0.29, 0.717) is 0 Å². The van der Waals surface area contributed by atoms with Gasteiger partial charge in [0.15, 0.2) is 0 Å². The molecule has 0 radical (unpaired) electrons. The van der Waals surface area contributed by atoms with Crippen LogP contribution in [0.25, 0.3) is 41.7 Å². The Morgan fingerprint density at radius 2 is 1.00 bits per heavy atom. The second kappa shape index (κ2) is 12.9. The maximum Gasteiger partial charge on any atom is 0.0361 e. The van der Waals surface area contributed by atoms with Crippen LogP contribution >= 0.6 is 11.3 Å². The van der Waals surface area contributed by atoms with Crippen molar-refractivity contribution in [3.63, 3.8) is 0 Å². The topological polar surface area (TPSA) is 0 Å². The van der Waals surface area contributed by atoms with E-state index in [0.717, 1.165) is 11.1 Å². The molecule has 5 aromatic carbocycles. The molecule has 206 valence electrons. The summed E-state index contributed by atoms with van der Waals surface area (Å²) in [6, 6.07) is 32.1. The van der Waals surface area contributed by atoms with E-state index >= 15 is 0 Å². The van der Waals surface area contributed by atoms with Gasteiger partial charge in [0.1, 0.15) is 0 Å². The van der Waals surface area contributed by atoms with Gasteiger partial charge in [-0.1, -0.05) is 101 Å². The van der Waals surface area contributed by atoms with Gasteiger partial charge >= 0.3 is 0 Å². The Balaban J connectivity index is 1.24. The smallest absolute Gasteiger partial charge is 0.0361 e. The molecule has 0 spiro atoms. The first kappa shape index (κ1) is 27.6. The van der Waals surface area contributed by atoms with Crippen LogP contribution in [0.5, 0.6) is 0 Å². The predicted molar refractivity (Wildman–Crippen MR) is 182 cm³/mol. The number of aryl methyl sites for hydroxylation is 2. The van der Waals surface area contributed by atoms with Crippen LogP contribution in [0.3, 0.4) is 0 Å². The van der Waals surface area contributed by atoms with Crippen molar-refractivity contribution in [1.29, 1.82) is 0 Å². The molecule has 6 aromatic rings. The van der Waals surface area contributed by atoms with Crippen molar-refractivity contribution in [2.75, 3.05) is 0 Å². The van der Waals surface area contributed by atoms with E-state index < -0.39 is 0 Å². The lowest BCUT2D eigenvalue weighted by Gasteiger charge is -2.05. The van der Waals surface area contributed by atoms with Crippen LogP contribution in [0.4, 0.5) is 0 Å². The Kier molecular flexibility index (Phi) is 8.69. The summed E-state index contributed by atoms with van der Waals surface area (Å²) in [6.07, 6.45) is 12.8. The highest BCUT2D eigenvalue weighted by Gasteiger charge is 2.09. The van der Waals surface area contributed by atoms with E-state index in [1.54, 1.807) is 0 Å². The van der Waals surface area contributed by atoms with Crippen LogP contribution in [0.15, 0.2) is 84.9 Å². The number of rotatable bonds is 10. The van der Waals surface area contributed by atoms with Gasteiger partial charge in [-0.2, -0.15) is 0 Å². The van der Waals surface area contributed by atoms with Gasteiger partial charge in [-0.25, -0.2) is 0 Å². The monoisotopic (exact) mass is 552 g/mol. The molecule has 0 aliphatic rings. The van der Waals surface area contributed by atoms with E-state index in [1.807, 2.05) is 11.3 Å². The molecule has 0 saturated heterocycles. The van der Waals surface area contributed by atoms with Crippen LogP contribution in [0.1, 0.15) is 87.5 Å². The highest BCUT2D eigenvalue weighted by molar-refractivity contribution is 7.26. The molecule has 1 heteroatoms. The van der Waals surface area contributed by atoms with Crippen LogP contribution in [-0.2, 0) is 12.8 Å². The molecule has 0 bridgehead atoms. The normalized spacial score (nSPS) is 11.5. The molecule has 0 amide bonds. The molecule has 0 N–H and O–H groups in total. The number of benzene rings is 5. The molecule has 1 heterocycles. The van der Waals surface area contributed by atoms with E-state index in [9.17, 15) is 0 Å². The third-order valence-electron chi connectivity index (χ3n) is 8.39. The van der Waals surface area contributed by atoms with Crippen molar-refractivity contribution in [3.05, 3.63) is 107 Å². The predicted octanol–water partition coefficient (Wildman–Crippen LogP) is 12.0. The Labute approximate surface area is 249 Å². The maximum atomic E-state index is 3.41. The molecule has 0 fully saturated rings. The fourth-order valence-electron chi connectivity index (χ4n) is 5.96. The SMILES string of the molecule is CCCCCCc1ccc(C#Cc2ccc3cc4c(cc3c2)sc2cc3ccc(CCCCCC)cc3cc24)cc1. The first-order valence-corrected chi connectivity index (χ1v) is 16.5. The second-order valence-corrected chi connectivity index (χ2v) is 12.7. The molecule has 0 atom stereocenters. The van der Waals surface area contributed by atoms with Crippen molar-refractivity contribution in [3.8, 4) is 11.8 Å². The largest absolute Gasteiger partial charge is 0.135 e. The van der Waals surface area contributed by atoms with Crippen molar-refractivity contribution >= 4 is 53.1 Å². The molecule has 0 aliphatic heterocycles. The zero-order valence-corrected chi connectivity index (χ0v) is 25.4. The Morgan fingerprint density at radius 3 is 1.73 bits per heavy atom. The molecule has 1 aromatic heterocycles. The minimum absolute atomic E-state index is 1.07. The zero-order valence-electron chi connectivity index (χ0n) is 24.6. The summed E-state index contributed by atoms with van der Waals surface area (Å²) in [4.78, 5) is 0. The maximum absolute atomic E-state index is 3.41. The molecule has 0 saturated carbocycles. The molecule has 0 unspecified atom stereocenters. The lowest BCUT2D eigenvalue weighted by atomic mass is 9.99. The number of hydrogen-bond donors (Lipinski definition) is 0. The lowest BCUT2D eigenvalue weighted by Crippen LogP contribution is -1.86. The van der Waals surface area contributed by atoms with E-state index in [-0.39, 0.29) is 0 Å². The summed E-state index contributed by atoms with van der Waals surface area (Å²) < 4.78 is 2.72. The third kappa shape index (κ3) is 6.50. The zero-order chi connectivity index (χ0) is 28.0. The van der Waals surface area contributed by atoms with Gasteiger partial charge in [0.05, 0.1) is 0 Å². The Morgan fingerprint density at radius 1 is 0.463 bits per heavy atom. The first-order chi connectivity index (χ1) is 20.2. The van der Waals surface area contributed by atoms with E-state index in [2.05, 4.69) is 111 Å². The van der Waals surface area contributed by atoms with E-state index in [4.69, 9.17) is 0 Å². The van der Waals surface area contributed by atoms with Crippen molar-refractivity contribution < 1.29 is 0 Å². The number of unbranched alkanes of at least 4 members (excludes halogenated alkanes) is 6. The summed E-state index contributed by atoms with van der Waals surface area (Å²) in [7, 11) is 0. The minimum atomic E-state index is 1.07. The molecular formula is C40H40S. The van der Waals surface area contributed by atoms with Crippen LogP contribution in [0.2, 0.25) is 0 Å². The average molecular weight is 553 g/mol. The molecule has 6 rings (SSSR count). The standard InChI is InChI=1S/C40H40S/c1-3-5-7-9-11-29-13-15-30(16-14-29)17-18-32-20-21-33-25-37-38-26-35-23-31(12-10-8-6-4-2)19-22-34(35)27-39(38)41-40(37)28-36(33)24-32/h13-16,19-28H,3-12H2,1-2H3. The number of fused-ring (bicyclic) bond motifs is 5. The minimum Gasteiger partial charge on any atom is -0.135 e. The fourth-order valence-corrected chi connectivity index (χ4v) is 7.12. The summed E-state index contributed by atoms with van der Waals surface area (Å²) in [6.45, 7) is 4.54. The van der Waals surface area contributed by atoms with Gasteiger partial charge < -0.3 is 0 Å². The van der Waals surface area contributed by atoms with Gasteiger partial charge in [0.2, 0.25) is 0 Å². The van der Waals surface area contributed by atoms with Crippen molar-refractivity contribution in [2.45, 2.75) is 78.1 Å². The van der Waals surface area contributed by atoms with Crippen LogP contribution in [0, 0.1) is 11.8 Å². The van der Waals surface area contributed by atoms with Gasteiger partial charge in [-0.15, -0.1) is 11.3 Å². The van der Waals surface area contributed by atoms with Gasteiger partial charge in [-0.3, -0.25) is 0 Å². The molecular weight excluding hydrogens is 513 g/mol. The quantitative estimate of drug-likeness (QED) is 0.117. The second-order valence-electron chi connectivity index (χ2n) is 11.6. The number of thiophene rings is 1. The molecule has 41 heavy (non-hydrogen) atoms. The Bertz CT molecular complexity index is 1860. The van der Waals surface area contributed by atoms with Crippen molar-refractivity contribution in [1.82, 2.24) is 0 Å². The molecule has 0 nitrogen and oxygen atoms in total. The summed E-state index contributed by atoms with van der Waals surface area (Å²) in [5, 5.41) is 7.98. The van der Waals surface area contributed by atoms with Gasteiger partial charge in [-0.05, 0) is 107 Å². The first-order valence-electron chi connectivity index (χ1n) is 15.6. The Hall–Kier alpha value is -3.60. The van der Waals surface area contributed by atoms with Crippen LogP contribution in [-0.4, -0.2) is 0 Å². The average Bonchev–Trinajstić information content (AvgIpc) is 3.34. The number of hydrogen-bond acceptors (Lipinski definition) is 1. The molecule has 0 aliphatic carbocycles. The van der Waals surface area contributed by atoms with Gasteiger partial charge in [0, 0.05) is 31.3 Å². The highest BCUT2D eigenvalue weighted by Crippen LogP contribution is 2.39. The highest BCUT2D eigenvalue weighted by atomic mass is 32.1.